The van der Waals surface area contributed by atoms with Gasteiger partial charge in [0.05, 0.1) is 0 Å². The van der Waals surface area contributed by atoms with E-state index in [0.29, 0.717) is 41.1 Å². The summed E-state index contributed by atoms with van der Waals surface area (Å²) in [7, 11) is 0. The molecule has 0 heterocycles. The fraction of sp³-hybridized carbons (Fsp3) is 0.429. The molecule has 0 aliphatic carbocycles. The van der Waals surface area contributed by atoms with Crippen LogP contribution in [-0.4, -0.2) is 0 Å². The van der Waals surface area contributed by atoms with E-state index in [1.807, 2.05) is 6.07 Å². The Balaban J connectivity index is 0.000000244. The van der Waals surface area contributed by atoms with E-state index in [1.54, 1.807) is 6.07 Å². The Morgan fingerprint density at radius 3 is 0.932 bits per heavy atom. The van der Waals surface area contributed by atoms with Gasteiger partial charge in [-0.2, -0.15) is 0 Å². The summed E-state index contributed by atoms with van der Waals surface area (Å²) < 4.78 is 26.4. The second-order valence-corrected chi connectivity index (χ2v) is 13.7. The Morgan fingerprint density at radius 2 is 0.614 bits per heavy atom. The van der Waals surface area contributed by atoms with Crippen LogP contribution in [0.3, 0.4) is 0 Å². The van der Waals surface area contributed by atoms with Crippen LogP contribution in [0.2, 0.25) is 0 Å². The van der Waals surface area contributed by atoms with Crippen molar-refractivity contribution in [3.05, 3.63) is 130 Å². The van der Waals surface area contributed by atoms with Crippen molar-refractivity contribution in [2.24, 2.45) is 0 Å². The van der Waals surface area contributed by atoms with E-state index in [-0.39, 0.29) is 0 Å². The minimum absolute atomic E-state index is 0.401. The number of hydrogen-bond acceptors (Lipinski definition) is 0. The first kappa shape index (κ1) is 36.9. The molecule has 2 heteroatoms. The highest BCUT2D eigenvalue weighted by Gasteiger charge is 2.13. The molecule has 4 aromatic carbocycles. The lowest BCUT2D eigenvalue weighted by molar-refractivity contribution is 0.509. The summed E-state index contributed by atoms with van der Waals surface area (Å²) in [5.74, 6) is 1.81. The van der Waals surface area contributed by atoms with E-state index in [4.69, 9.17) is 0 Å². The van der Waals surface area contributed by atoms with Crippen molar-refractivity contribution in [3.8, 4) is 11.1 Å². The maximum absolute atomic E-state index is 13.4. The molecule has 4 rings (SSSR count). The molecule has 0 saturated heterocycles. The molecule has 0 N–H and O–H groups in total. The van der Waals surface area contributed by atoms with Gasteiger partial charge in [-0.05, 0) is 92.1 Å². The third-order valence-corrected chi connectivity index (χ3v) is 8.06. The van der Waals surface area contributed by atoms with Crippen LogP contribution >= 0.6 is 0 Å². The molecule has 0 nitrogen and oxygen atoms in total. The molecule has 0 unspecified atom stereocenters. The third-order valence-electron chi connectivity index (χ3n) is 8.06. The highest BCUT2D eigenvalue weighted by atomic mass is 19.2. The molecule has 0 aromatic heterocycles. The van der Waals surface area contributed by atoms with Gasteiger partial charge in [-0.15, -0.1) is 0 Å². The van der Waals surface area contributed by atoms with Gasteiger partial charge in [0, 0.05) is 0 Å². The molecular weight excluding hydrogens is 542 g/mol. The predicted octanol–water partition coefficient (Wildman–Crippen LogP) is 13.7. The SMILES string of the molecule is CC(C)c1ccc(-c2ccc(F)c(F)c2)cc1C(C)C.CC(C)c1ccccc1C(C)C.CC(C)c1ccccc1C(C)C. The molecule has 0 atom stereocenters. The van der Waals surface area contributed by atoms with Crippen LogP contribution in [-0.2, 0) is 0 Å². The molecule has 0 aliphatic heterocycles. The van der Waals surface area contributed by atoms with E-state index in [9.17, 15) is 8.78 Å². The van der Waals surface area contributed by atoms with E-state index < -0.39 is 11.6 Å². The molecule has 0 saturated carbocycles. The molecule has 0 aliphatic rings. The minimum Gasteiger partial charge on any atom is -0.204 e. The zero-order chi connectivity index (χ0) is 33.1. The fourth-order valence-corrected chi connectivity index (χ4v) is 5.58. The monoisotopic (exact) mass is 598 g/mol. The van der Waals surface area contributed by atoms with Crippen LogP contribution in [0.15, 0.2) is 84.9 Å². The van der Waals surface area contributed by atoms with Gasteiger partial charge in [0.1, 0.15) is 0 Å². The average Bonchev–Trinajstić information content (AvgIpc) is 2.98. The number of halogens is 2. The quantitative estimate of drug-likeness (QED) is 0.198. The van der Waals surface area contributed by atoms with Gasteiger partial charge >= 0.3 is 0 Å². The Labute approximate surface area is 268 Å². The van der Waals surface area contributed by atoms with E-state index in [2.05, 4.69) is 144 Å². The van der Waals surface area contributed by atoms with Crippen molar-refractivity contribution in [2.75, 3.05) is 0 Å². The van der Waals surface area contributed by atoms with Gasteiger partial charge in [-0.25, -0.2) is 8.78 Å². The topological polar surface area (TPSA) is 0 Å². The average molecular weight is 599 g/mol. The van der Waals surface area contributed by atoms with Crippen molar-refractivity contribution in [1.29, 1.82) is 0 Å². The second kappa shape index (κ2) is 17.3. The Kier molecular flexibility index (Phi) is 14.5. The lowest BCUT2D eigenvalue weighted by Gasteiger charge is -2.17. The van der Waals surface area contributed by atoms with Crippen molar-refractivity contribution < 1.29 is 8.78 Å². The predicted molar refractivity (Wildman–Crippen MR) is 189 cm³/mol. The largest absolute Gasteiger partial charge is 0.204 e. The first-order valence-corrected chi connectivity index (χ1v) is 16.4. The Hall–Kier alpha value is -3.26. The molecule has 44 heavy (non-hydrogen) atoms. The zero-order valence-electron chi connectivity index (χ0n) is 29.3. The van der Waals surface area contributed by atoms with Gasteiger partial charge in [-0.1, -0.05) is 156 Å². The Bertz CT molecular complexity index is 1330. The number of rotatable bonds is 7. The van der Waals surface area contributed by atoms with Gasteiger partial charge in [-0.3, -0.25) is 0 Å². The standard InChI is InChI=1S/C18H20F2.2C12H18/c1-11(2)15-7-5-13(9-16(15)12(3)4)14-6-8-17(19)18(20)10-14;2*1-9(2)11-7-5-6-8-12(11)10(3)4/h5-12H,1-4H3;2*5-10H,1-4H3. The first-order chi connectivity index (χ1) is 20.6. The lowest BCUT2D eigenvalue weighted by Crippen LogP contribution is -1.99. The van der Waals surface area contributed by atoms with Gasteiger partial charge in [0.25, 0.3) is 0 Å². The number of benzene rings is 4. The van der Waals surface area contributed by atoms with Crippen molar-refractivity contribution in [2.45, 2.75) is 119 Å². The normalized spacial score (nSPS) is 11.3. The van der Waals surface area contributed by atoms with Crippen molar-refractivity contribution in [1.82, 2.24) is 0 Å². The summed E-state index contributed by atoms with van der Waals surface area (Å²) >= 11 is 0. The molecule has 4 aromatic rings. The molecule has 238 valence electrons. The van der Waals surface area contributed by atoms with Gasteiger partial charge < -0.3 is 0 Å². The summed E-state index contributed by atoms with van der Waals surface area (Å²) in [6, 6.07) is 27.7. The zero-order valence-corrected chi connectivity index (χ0v) is 29.3. The number of hydrogen-bond donors (Lipinski definition) is 0. The lowest BCUT2D eigenvalue weighted by atomic mass is 9.88. The summed E-state index contributed by atoms with van der Waals surface area (Å²) in [6.45, 7) is 26.6. The van der Waals surface area contributed by atoms with Crippen molar-refractivity contribution >= 4 is 0 Å². The highest BCUT2D eigenvalue weighted by molar-refractivity contribution is 5.65. The summed E-state index contributed by atoms with van der Waals surface area (Å²) in [4.78, 5) is 0. The Morgan fingerprint density at radius 1 is 0.318 bits per heavy atom. The van der Waals surface area contributed by atoms with Crippen LogP contribution in [0.4, 0.5) is 8.78 Å². The van der Waals surface area contributed by atoms with Crippen LogP contribution in [0, 0.1) is 11.6 Å². The van der Waals surface area contributed by atoms with Crippen LogP contribution in [0.1, 0.15) is 152 Å². The molecule has 0 radical (unpaired) electrons. The van der Waals surface area contributed by atoms with E-state index >= 15 is 0 Å². The van der Waals surface area contributed by atoms with Crippen LogP contribution in [0.25, 0.3) is 11.1 Å². The maximum Gasteiger partial charge on any atom is 0.159 e. The third kappa shape index (κ3) is 10.4. The molecule has 0 fully saturated rings. The van der Waals surface area contributed by atoms with E-state index in [0.717, 1.165) is 5.56 Å². The molecular formula is C42H56F2. The molecule has 0 spiro atoms. The maximum atomic E-state index is 13.4. The summed E-state index contributed by atoms with van der Waals surface area (Å²) in [5, 5.41) is 0. The van der Waals surface area contributed by atoms with Crippen LogP contribution in [0.5, 0.6) is 0 Å². The molecule has 0 amide bonds. The van der Waals surface area contributed by atoms with Gasteiger partial charge in [0.2, 0.25) is 0 Å². The smallest absolute Gasteiger partial charge is 0.159 e. The second-order valence-electron chi connectivity index (χ2n) is 13.7. The van der Waals surface area contributed by atoms with Crippen LogP contribution < -0.4 is 0 Å². The fourth-order valence-electron chi connectivity index (χ4n) is 5.58. The summed E-state index contributed by atoms with van der Waals surface area (Å²) in [5.41, 5.74) is 10.2. The van der Waals surface area contributed by atoms with E-state index in [1.165, 1.54) is 45.5 Å². The highest BCUT2D eigenvalue weighted by Crippen LogP contribution is 2.32. The summed E-state index contributed by atoms with van der Waals surface area (Å²) in [6.07, 6.45) is 0. The first-order valence-electron chi connectivity index (χ1n) is 16.4. The van der Waals surface area contributed by atoms with Crippen molar-refractivity contribution in [3.63, 3.8) is 0 Å². The molecule has 0 bridgehead atoms. The van der Waals surface area contributed by atoms with Gasteiger partial charge in [0.15, 0.2) is 11.6 Å². The minimum atomic E-state index is -0.809.